The van der Waals surface area contributed by atoms with Gasteiger partial charge < -0.3 is 24.4 Å². The average molecular weight is 486 g/mol. The first-order valence-corrected chi connectivity index (χ1v) is 12.0. The van der Waals surface area contributed by atoms with E-state index in [1.807, 2.05) is 12.1 Å². The molecule has 8 nitrogen and oxygen atoms in total. The van der Waals surface area contributed by atoms with E-state index in [2.05, 4.69) is 10.3 Å². The number of aryl methyl sites for hydroxylation is 2. The molecule has 1 aliphatic rings. The Labute approximate surface area is 208 Å². The van der Waals surface area contributed by atoms with Crippen LogP contribution in [0.15, 0.2) is 65.3 Å². The van der Waals surface area contributed by atoms with E-state index in [0.717, 1.165) is 30.2 Å². The first-order chi connectivity index (χ1) is 17.5. The summed E-state index contributed by atoms with van der Waals surface area (Å²) >= 11 is 0. The van der Waals surface area contributed by atoms with Crippen molar-refractivity contribution < 1.29 is 23.5 Å². The summed E-state index contributed by atoms with van der Waals surface area (Å²) in [5, 5.41) is 3.82. The number of hydrogen-bond acceptors (Lipinski definition) is 5. The number of H-pyrrole nitrogens is 1. The molecule has 0 fully saturated rings. The maximum Gasteiger partial charge on any atom is 0.338 e. The molecule has 184 valence electrons. The predicted molar refractivity (Wildman–Crippen MR) is 135 cm³/mol. The van der Waals surface area contributed by atoms with Crippen molar-refractivity contribution in [3.05, 3.63) is 89.0 Å². The van der Waals surface area contributed by atoms with Gasteiger partial charge in [0.2, 0.25) is 0 Å². The minimum absolute atomic E-state index is 0.226. The molecule has 0 aliphatic heterocycles. The summed E-state index contributed by atoms with van der Waals surface area (Å²) in [6.07, 6.45) is 5.85. The number of rotatable bonds is 7. The summed E-state index contributed by atoms with van der Waals surface area (Å²) in [4.78, 5) is 43.1. The number of anilines is 1. The van der Waals surface area contributed by atoms with Crippen molar-refractivity contribution in [1.82, 2.24) is 10.3 Å². The first-order valence-electron chi connectivity index (χ1n) is 12.0. The van der Waals surface area contributed by atoms with Crippen LogP contribution in [0.5, 0.6) is 0 Å². The van der Waals surface area contributed by atoms with Crippen LogP contribution in [0, 0.1) is 0 Å². The number of hydrogen-bond donors (Lipinski definition) is 2. The maximum atomic E-state index is 12.9. The molecule has 0 atom stereocenters. The third-order valence-electron chi connectivity index (χ3n) is 6.55. The number of aromatic amines is 1. The van der Waals surface area contributed by atoms with Gasteiger partial charge in [-0.1, -0.05) is 12.1 Å². The number of likely N-dealkylation sites (N-methyl/N-ethyl adjacent to an activating group) is 1. The molecule has 2 aromatic carbocycles. The van der Waals surface area contributed by atoms with Gasteiger partial charge in [-0.3, -0.25) is 9.59 Å². The predicted octanol–water partition coefficient (Wildman–Crippen LogP) is 4.39. The zero-order chi connectivity index (χ0) is 25.1. The van der Waals surface area contributed by atoms with Crippen LogP contribution in [-0.4, -0.2) is 36.4 Å². The second kappa shape index (κ2) is 10.1. The van der Waals surface area contributed by atoms with E-state index in [9.17, 15) is 14.4 Å². The minimum Gasteiger partial charge on any atom is -0.467 e. The van der Waals surface area contributed by atoms with E-state index in [4.69, 9.17) is 9.15 Å². The van der Waals surface area contributed by atoms with Crippen molar-refractivity contribution in [1.29, 1.82) is 0 Å². The van der Waals surface area contributed by atoms with Gasteiger partial charge in [0.05, 0.1) is 29.6 Å². The van der Waals surface area contributed by atoms with Crippen LogP contribution in [0.4, 0.5) is 5.69 Å². The van der Waals surface area contributed by atoms with E-state index in [1.165, 1.54) is 28.8 Å². The summed E-state index contributed by atoms with van der Waals surface area (Å²) in [7, 11) is 1.55. The number of aromatic nitrogens is 1. The number of para-hydroxylation sites is 1. The lowest BCUT2D eigenvalue weighted by atomic mass is 9.95. The number of fused-ring (bicyclic) bond motifs is 3. The van der Waals surface area contributed by atoms with Gasteiger partial charge in [0, 0.05) is 23.6 Å². The Balaban J connectivity index is 1.24. The summed E-state index contributed by atoms with van der Waals surface area (Å²) in [5.74, 6) is -0.735. The quantitative estimate of drug-likeness (QED) is 0.378. The first kappa shape index (κ1) is 23.4. The molecule has 0 unspecified atom stereocenters. The Morgan fingerprint density at radius 2 is 1.89 bits per heavy atom. The summed E-state index contributed by atoms with van der Waals surface area (Å²) < 4.78 is 10.6. The highest BCUT2D eigenvalue weighted by molar-refractivity contribution is 6.05. The van der Waals surface area contributed by atoms with Crippen molar-refractivity contribution in [2.24, 2.45) is 0 Å². The van der Waals surface area contributed by atoms with Gasteiger partial charge in [0.1, 0.15) is 5.76 Å². The summed E-state index contributed by atoms with van der Waals surface area (Å²) in [5.41, 5.74) is 4.66. The number of amides is 2. The van der Waals surface area contributed by atoms with E-state index < -0.39 is 18.5 Å². The van der Waals surface area contributed by atoms with Crippen molar-refractivity contribution in [2.75, 3.05) is 18.6 Å². The van der Waals surface area contributed by atoms with Crippen LogP contribution in [0.1, 0.15) is 50.6 Å². The van der Waals surface area contributed by atoms with Crippen LogP contribution in [-0.2, 0) is 28.9 Å². The lowest BCUT2D eigenvalue weighted by Crippen LogP contribution is -2.33. The SMILES string of the molecule is CN(C(=O)COC(=O)c1ccc2[nH]c3c(c2c1)CCCC3)c1ccccc1C(=O)NCc1ccco1. The van der Waals surface area contributed by atoms with Gasteiger partial charge in [-0.15, -0.1) is 0 Å². The second-order valence-corrected chi connectivity index (χ2v) is 8.86. The molecule has 36 heavy (non-hydrogen) atoms. The normalized spacial score (nSPS) is 12.7. The molecule has 8 heteroatoms. The fraction of sp³-hybridized carbons (Fsp3) is 0.250. The molecule has 2 amide bonds. The number of benzene rings is 2. The van der Waals surface area contributed by atoms with E-state index >= 15 is 0 Å². The minimum atomic E-state index is -0.561. The molecule has 0 saturated heterocycles. The lowest BCUT2D eigenvalue weighted by Gasteiger charge is -2.20. The zero-order valence-corrected chi connectivity index (χ0v) is 20.0. The van der Waals surface area contributed by atoms with Crippen molar-refractivity contribution in [3.8, 4) is 0 Å². The maximum absolute atomic E-state index is 12.9. The Morgan fingerprint density at radius 3 is 2.72 bits per heavy atom. The standard InChI is InChI=1S/C28H27N3O5/c1-31(25-11-5-3-9-21(25)27(33)29-16-19-7-6-14-35-19)26(32)17-36-28(34)18-12-13-24-22(15-18)20-8-2-4-10-23(20)30-24/h3,5-7,9,11-15,30H,2,4,8,10,16-17H2,1H3,(H,29,33). The van der Waals surface area contributed by atoms with Gasteiger partial charge in [-0.05, 0) is 73.7 Å². The smallest absolute Gasteiger partial charge is 0.338 e. The highest BCUT2D eigenvalue weighted by Gasteiger charge is 2.21. The fourth-order valence-electron chi connectivity index (χ4n) is 4.61. The number of nitrogens with one attached hydrogen (secondary N) is 2. The van der Waals surface area contributed by atoms with Gasteiger partial charge in [-0.2, -0.15) is 0 Å². The van der Waals surface area contributed by atoms with E-state index in [1.54, 1.807) is 49.5 Å². The van der Waals surface area contributed by atoms with Crippen LogP contribution < -0.4 is 10.2 Å². The van der Waals surface area contributed by atoms with Gasteiger partial charge in [-0.25, -0.2) is 4.79 Å². The van der Waals surface area contributed by atoms with Gasteiger partial charge in [0.15, 0.2) is 6.61 Å². The molecule has 2 heterocycles. The molecular weight excluding hydrogens is 458 g/mol. The molecule has 5 rings (SSSR count). The topological polar surface area (TPSA) is 105 Å². The highest BCUT2D eigenvalue weighted by Crippen LogP contribution is 2.30. The van der Waals surface area contributed by atoms with Gasteiger partial charge in [0.25, 0.3) is 11.8 Å². The number of ether oxygens (including phenoxy) is 1. The number of esters is 1. The Morgan fingerprint density at radius 1 is 1.06 bits per heavy atom. The molecule has 2 aromatic heterocycles. The van der Waals surface area contributed by atoms with Crippen LogP contribution >= 0.6 is 0 Å². The van der Waals surface area contributed by atoms with Crippen molar-refractivity contribution in [2.45, 2.75) is 32.2 Å². The third kappa shape index (κ3) is 4.75. The van der Waals surface area contributed by atoms with Crippen LogP contribution in [0.2, 0.25) is 0 Å². The molecule has 1 aliphatic carbocycles. The average Bonchev–Trinajstić information content (AvgIpc) is 3.57. The molecule has 0 spiro atoms. The molecular formula is C28H27N3O5. The molecule has 0 bridgehead atoms. The summed E-state index contributed by atoms with van der Waals surface area (Å²) in [6, 6.07) is 15.7. The van der Waals surface area contributed by atoms with Crippen LogP contribution in [0.25, 0.3) is 10.9 Å². The lowest BCUT2D eigenvalue weighted by molar-refractivity contribution is -0.121. The molecule has 0 radical (unpaired) electrons. The monoisotopic (exact) mass is 485 g/mol. The van der Waals surface area contributed by atoms with Crippen LogP contribution in [0.3, 0.4) is 0 Å². The van der Waals surface area contributed by atoms with Crippen molar-refractivity contribution in [3.63, 3.8) is 0 Å². The second-order valence-electron chi connectivity index (χ2n) is 8.86. The largest absolute Gasteiger partial charge is 0.467 e. The summed E-state index contributed by atoms with van der Waals surface area (Å²) in [6.45, 7) is -0.217. The fourth-order valence-corrected chi connectivity index (χ4v) is 4.61. The number of nitrogens with zero attached hydrogens (tertiary/aromatic N) is 1. The van der Waals surface area contributed by atoms with E-state index in [0.29, 0.717) is 22.6 Å². The molecule has 0 saturated carbocycles. The van der Waals surface area contributed by atoms with Crippen molar-refractivity contribution >= 4 is 34.4 Å². The van der Waals surface area contributed by atoms with E-state index in [-0.39, 0.29) is 12.5 Å². The number of furan rings is 1. The van der Waals surface area contributed by atoms with Gasteiger partial charge >= 0.3 is 5.97 Å². The number of carbonyl (C=O) groups is 3. The highest BCUT2D eigenvalue weighted by atomic mass is 16.5. The Hall–Kier alpha value is -4.33. The molecule has 2 N–H and O–H groups in total. The Bertz CT molecular complexity index is 1420. The molecule has 4 aromatic rings. The number of carbonyl (C=O) groups excluding carboxylic acids is 3. The Kier molecular flexibility index (Phi) is 6.58. The third-order valence-corrected chi connectivity index (χ3v) is 6.55. The zero-order valence-electron chi connectivity index (χ0n) is 20.0.